The average Bonchev–Trinajstić information content (AvgIpc) is 2.81. The zero-order valence-electron chi connectivity index (χ0n) is 11.1. The van der Waals surface area contributed by atoms with Crippen LogP contribution in [0.1, 0.15) is 30.6 Å². The molecule has 2 aliphatic rings. The molecule has 0 saturated carbocycles. The Balaban J connectivity index is 2.14. The second kappa shape index (κ2) is 5.97. The van der Waals surface area contributed by atoms with Gasteiger partial charge in [0.25, 0.3) is 5.91 Å². The van der Waals surface area contributed by atoms with Crippen molar-refractivity contribution in [3.8, 4) is 11.1 Å². The molecule has 0 saturated heterocycles. The molecule has 0 radical (unpaired) electrons. The van der Waals surface area contributed by atoms with Gasteiger partial charge in [-0.2, -0.15) is 11.3 Å². The summed E-state index contributed by atoms with van der Waals surface area (Å²) in [6.07, 6.45) is 1.47. The van der Waals surface area contributed by atoms with Gasteiger partial charge in [0.1, 0.15) is 6.29 Å². The summed E-state index contributed by atoms with van der Waals surface area (Å²) >= 11 is 1.60. The summed E-state index contributed by atoms with van der Waals surface area (Å²) in [5.74, 6) is 0.192. The molecule has 0 aromatic heterocycles. The van der Waals surface area contributed by atoms with Crippen LogP contribution >= 0.6 is 11.3 Å². The van der Waals surface area contributed by atoms with Crippen LogP contribution in [-0.2, 0) is 4.79 Å². The highest BCUT2D eigenvalue weighted by Gasteiger charge is 2.19. The second-order valence-electron chi connectivity index (χ2n) is 5.02. The largest absolute Gasteiger partial charge is 0.343 e. The zero-order valence-corrected chi connectivity index (χ0v) is 11.9. The van der Waals surface area contributed by atoms with E-state index < -0.39 is 6.04 Å². The molecule has 3 nitrogen and oxygen atoms in total. The van der Waals surface area contributed by atoms with E-state index in [2.05, 4.69) is 5.32 Å². The molecule has 0 aromatic rings. The van der Waals surface area contributed by atoms with Gasteiger partial charge in [-0.25, -0.2) is 0 Å². The average molecular weight is 275 g/mol. The molecule has 19 heavy (non-hydrogen) atoms. The van der Waals surface area contributed by atoms with Gasteiger partial charge in [0.2, 0.25) is 0 Å². The van der Waals surface area contributed by atoms with Crippen molar-refractivity contribution in [3.05, 3.63) is 34.5 Å². The number of hydrogen-bond donors (Lipinski definition) is 1. The smallest absolute Gasteiger partial charge is 0.252 e. The Hall–Kier alpha value is -1.68. The van der Waals surface area contributed by atoms with Gasteiger partial charge in [-0.05, 0) is 46.4 Å². The van der Waals surface area contributed by atoms with Crippen LogP contribution in [0, 0.1) is 5.92 Å². The fourth-order valence-corrected chi connectivity index (χ4v) is 2.76. The number of hydrogen-bond acceptors (Lipinski definition) is 3. The Kier molecular flexibility index (Phi) is 4.32. The van der Waals surface area contributed by atoms with Crippen molar-refractivity contribution in [1.29, 1.82) is 0 Å². The molecule has 0 aromatic carbocycles. The van der Waals surface area contributed by atoms with Crippen LogP contribution in [0.5, 0.6) is 0 Å². The van der Waals surface area contributed by atoms with Gasteiger partial charge < -0.3 is 10.1 Å². The molecule has 1 N–H and O–H groups in total. The first kappa shape index (κ1) is 13.7. The number of carbonyl (C=O) groups excluding carboxylic acids is 2. The van der Waals surface area contributed by atoms with Crippen LogP contribution in [0.4, 0.5) is 0 Å². The van der Waals surface area contributed by atoms with Gasteiger partial charge in [-0.3, -0.25) is 4.79 Å². The van der Waals surface area contributed by atoms with E-state index in [0.29, 0.717) is 17.9 Å². The van der Waals surface area contributed by atoms with Crippen LogP contribution in [-0.4, -0.2) is 18.2 Å². The number of nitrogens with one attached hydrogen (secondary N) is 1. The third-order valence-electron chi connectivity index (χ3n) is 2.99. The van der Waals surface area contributed by atoms with Crippen molar-refractivity contribution < 1.29 is 9.59 Å². The third-order valence-corrected chi connectivity index (χ3v) is 3.67. The summed E-state index contributed by atoms with van der Waals surface area (Å²) < 4.78 is 0. The number of aldehydes is 1. The maximum atomic E-state index is 12.2. The van der Waals surface area contributed by atoms with Gasteiger partial charge >= 0.3 is 0 Å². The lowest BCUT2D eigenvalue weighted by Crippen LogP contribution is -2.36. The number of amides is 1. The van der Waals surface area contributed by atoms with Gasteiger partial charge in [0, 0.05) is 5.56 Å². The Labute approximate surface area is 117 Å². The highest BCUT2D eigenvalue weighted by molar-refractivity contribution is 7.07. The molecule has 0 unspecified atom stereocenters. The summed E-state index contributed by atoms with van der Waals surface area (Å²) in [5.41, 5.74) is 2.63. The third kappa shape index (κ3) is 3.20. The van der Waals surface area contributed by atoms with Crippen molar-refractivity contribution in [2.75, 3.05) is 0 Å². The topological polar surface area (TPSA) is 46.2 Å². The van der Waals surface area contributed by atoms with E-state index >= 15 is 0 Å². The van der Waals surface area contributed by atoms with Gasteiger partial charge in [0.05, 0.1) is 6.04 Å². The first-order valence-electron chi connectivity index (χ1n) is 6.33. The maximum Gasteiger partial charge on any atom is 0.252 e. The fourth-order valence-electron chi connectivity index (χ4n) is 2.12. The summed E-state index contributed by atoms with van der Waals surface area (Å²) in [6.45, 7) is 4.06. The molecule has 1 aliphatic carbocycles. The standard InChI is InChI=1S/C15H17NO2S/c1-10(2)7-12(8-17)16-15(18)14-4-3-11-9-19-6-5-13(11)14/h3-6,8-10,12H,7H2,1-2H3,(H,16,18)/t12-/m0/s1. The lowest BCUT2D eigenvalue weighted by molar-refractivity contribution is -0.109. The molecule has 1 heterocycles. The van der Waals surface area contributed by atoms with Crippen LogP contribution in [0.15, 0.2) is 29.0 Å². The number of fused-ring (bicyclic) bond motifs is 1. The zero-order chi connectivity index (χ0) is 13.8. The highest BCUT2D eigenvalue weighted by atomic mass is 32.1. The van der Waals surface area contributed by atoms with Crippen molar-refractivity contribution in [2.24, 2.45) is 5.92 Å². The Bertz CT molecular complexity index is 547. The molecule has 0 spiro atoms. The van der Waals surface area contributed by atoms with Crippen molar-refractivity contribution >= 4 is 23.5 Å². The predicted octanol–water partition coefficient (Wildman–Crippen LogP) is 3.20. The SMILES string of the molecule is CC(C)C[C@@H](C=O)NC(=O)c1ccc2csccc1-2. The van der Waals surface area contributed by atoms with Crippen LogP contribution in [0.3, 0.4) is 0 Å². The minimum atomic E-state index is -0.413. The maximum absolute atomic E-state index is 12.2. The van der Waals surface area contributed by atoms with Gasteiger partial charge in [0.15, 0.2) is 0 Å². The normalized spacial score (nSPS) is 12.6. The van der Waals surface area contributed by atoms with Crippen LogP contribution in [0.25, 0.3) is 11.1 Å². The molecular formula is C15H17NO2S. The van der Waals surface area contributed by atoms with E-state index in [4.69, 9.17) is 0 Å². The molecule has 0 fully saturated rings. The summed E-state index contributed by atoms with van der Waals surface area (Å²) in [5, 5.41) is 6.75. The quantitative estimate of drug-likeness (QED) is 0.852. The first-order valence-corrected chi connectivity index (χ1v) is 7.27. The minimum absolute atomic E-state index is 0.177. The van der Waals surface area contributed by atoms with Gasteiger partial charge in [-0.15, -0.1) is 0 Å². The van der Waals surface area contributed by atoms with E-state index in [1.807, 2.05) is 42.8 Å². The second-order valence-corrected chi connectivity index (χ2v) is 5.80. The first-order chi connectivity index (χ1) is 9.11. The van der Waals surface area contributed by atoms with Crippen molar-refractivity contribution in [2.45, 2.75) is 26.3 Å². The predicted molar refractivity (Wildman–Crippen MR) is 77.7 cm³/mol. The minimum Gasteiger partial charge on any atom is -0.343 e. The van der Waals surface area contributed by atoms with Crippen molar-refractivity contribution in [1.82, 2.24) is 5.32 Å². The molecule has 0 bridgehead atoms. The fraction of sp³-hybridized carbons (Fsp3) is 0.333. The van der Waals surface area contributed by atoms with E-state index in [1.54, 1.807) is 11.3 Å². The molecule has 1 amide bonds. The van der Waals surface area contributed by atoms with Crippen LogP contribution in [0.2, 0.25) is 0 Å². The molecule has 2 rings (SSSR count). The molecule has 4 heteroatoms. The van der Waals surface area contributed by atoms with Crippen molar-refractivity contribution in [3.63, 3.8) is 0 Å². The van der Waals surface area contributed by atoms with E-state index in [-0.39, 0.29) is 5.91 Å². The van der Waals surface area contributed by atoms with E-state index in [1.165, 1.54) is 0 Å². The van der Waals surface area contributed by atoms with E-state index in [9.17, 15) is 9.59 Å². The highest BCUT2D eigenvalue weighted by Crippen LogP contribution is 2.29. The Morgan fingerprint density at radius 1 is 1.37 bits per heavy atom. The van der Waals surface area contributed by atoms with Gasteiger partial charge in [-0.1, -0.05) is 19.9 Å². The molecular weight excluding hydrogens is 258 g/mol. The summed E-state index contributed by atoms with van der Waals surface area (Å²) in [7, 11) is 0. The number of rotatable bonds is 5. The van der Waals surface area contributed by atoms with E-state index in [0.717, 1.165) is 17.4 Å². The Morgan fingerprint density at radius 2 is 2.16 bits per heavy atom. The lowest BCUT2D eigenvalue weighted by atomic mass is 10.0. The summed E-state index contributed by atoms with van der Waals surface area (Å²) in [6, 6.07) is 5.26. The monoisotopic (exact) mass is 275 g/mol. The molecule has 1 atom stereocenters. The lowest BCUT2D eigenvalue weighted by Gasteiger charge is -2.15. The molecule has 100 valence electrons. The van der Waals surface area contributed by atoms with Crippen LogP contribution < -0.4 is 5.32 Å². The Morgan fingerprint density at radius 3 is 2.84 bits per heavy atom. The molecule has 1 aliphatic heterocycles. The number of carbonyl (C=O) groups is 2. The summed E-state index contributed by atoms with van der Waals surface area (Å²) in [4.78, 5) is 23.2.